The minimum atomic E-state index is -2.22. The van der Waals surface area contributed by atoms with E-state index in [9.17, 15) is 4.21 Å². The van der Waals surface area contributed by atoms with E-state index in [2.05, 4.69) is 9.18 Å². The number of rotatable bonds is 3. The molecule has 0 radical (unpaired) electrons. The Morgan fingerprint density at radius 1 is 1.85 bits per heavy atom. The molecule has 1 aliphatic rings. The zero-order valence-electron chi connectivity index (χ0n) is 7.56. The van der Waals surface area contributed by atoms with Gasteiger partial charge in [0.2, 0.25) is 0 Å². The molecule has 1 unspecified atom stereocenters. The fourth-order valence-electron chi connectivity index (χ4n) is 1.15. The summed E-state index contributed by atoms with van der Waals surface area (Å²) in [6.07, 6.45) is 1.79. The molecule has 0 fully saturated rings. The second kappa shape index (κ2) is 4.50. The van der Waals surface area contributed by atoms with Crippen LogP contribution in [0.5, 0.6) is 0 Å². The normalized spacial score (nSPS) is 19.5. The van der Waals surface area contributed by atoms with E-state index >= 15 is 0 Å². The summed E-state index contributed by atoms with van der Waals surface area (Å²) in [5.74, 6) is 0. The van der Waals surface area contributed by atoms with Crippen LogP contribution in [-0.2, 0) is 15.5 Å². The summed E-state index contributed by atoms with van der Waals surface area (Å²) in [6, 6.07) is 0. The zero-order chi connectivity index (χ0) is 9.84. The van der Waals surface area contributed by atoms with Crippen LogP contribution in [0.1, 0.15) is 6.92 Å². The highest BCUT2D eigenvalue weighted by atomic mass is 32.2. The van der Waals surface area contributed by atoms with Crippen molar-refractivity contribution in [3.63, 3.8) is 0 Å². The largest absolute Gasteiger partial charge is 0.373 e. The zero-order valence-corrected chi connectivity index (χ0v) is 8.37. The summed E-state index contributed by atoms with van der Waals surface area (Å²) in [5.41, 5.74) is 1.63. The number of hydrogen-bond donors (Lipinski definition) is 1. The third-order valence-electron chi connectivity index (χ3n) is 1.49. The number of hydrogen-bond acceptors (Lipinski definition) is 4. The molecule has 0 aromatic heterocycles. The molecule has 0 aromatic rings. The second-order valence-corrected chi connectivity index (χ2v) is 3.53. The Kier molecular flexibility index (Phi) is 3.58. The topological polar surface area (TPSA) is 62.1 Å². The molecule has 0 aliphatic carbocycles. The maximum atomic E-state index is 10.2. The Morgan fingerprint density at radius 2 is 2.54 bits per heavy atom. The van der Waals surface area contributed by atoms with Gasteiger partial charge in [0.25, 0.3) is 0 Å². The monoisotopic (exact) mass is 204 g/mol. The molecule has 1 atom stereocenters. The minimum absolute atomic E-state index is 0.0603. The number of aliphatic imine (C=N–C) groups is 1. The lowest BCUT2D eigenvalue weighted by Gasteiger charge is -2.19. The molecule has 1 rings (SSSR count). The van der Waals surface area contributed by atoms with Crippen molar-refractivity contribution in [3.8, 4) is 0 Å². The Hall–Kier alpha value is -0.720. The molecule has 0 saturated heterocycles. The van der Waals surface area contributed by atoms with E-state index in [1.165, 1.54) is 0 Å². The summed E-state index contributed by atoms with van der Waals surface area (Å²) in [5, 5.41) is 0. The third-order valence-corrected chi connectivity index (χ3v) is 1.81. The van der Waals surface area contributed by atoms with E-state index in [1.54, 1.807) is 6.20 Å². The highest BCUT2D eigenvalue weighted by molar-refractivity contribution is 7.74. The van der Waals surface area contributed by atoms with Crippen LogP contribution in [0.25, 0.3) is 0 Å². The van der Waals surface area contributed by atoms with Crippen molar-refractivity contribution >= 4 is 17.1 Å². The lowest BCUT2D eigenvalue weighted by Crippen LogP contribution is -2.24. The second-order valence-electron chi connectivity index (χ2n) is 2.86. The van der Waals surface area contributed by atoms with E-state index in [0.29, 0.717) is 5.70 Å². The maximum Gasteiger partial charge on any atom is 0.302 e. The molecule has 13 heavy (non-hydrogen) atoms. The van der Waals surface area contributed by atoms with Gasteiger partial charge in [-0.05, 0) is 6.92 Å². The van der Waals surface area contributed by atoms with Gasteiger partial charge in [-0.3, -0.25) is 13.7 Å². The lowest BCUT2D eigenvalue weighted by atomic mass is 10.3. The highest BCUT2D eigenvalue weighted by Crippen LogP contribution is 2.07. The lowest BCUT2D eigenvalue weighted by molar-refractivity contribution is 0.329. The molecule has 1 N–H and O–H groups in total. The summed E-state index contributed by atoms with van der Waals surface area (Å²) in [4.78, 5) is 6.12. The highest BCUT2D eigenvalue weighted by Gasteiger charge is 2.08. The quantitative estimate of drug-likeness (QED) is 0.675. The van der Waals surface area contributed by atoms with Crippen molar-refractivity contribution in [2.45, 2.75) is 6.92 Å². The van der Waals surface area contributed by atoms with Crippen molar-refractivity contribution in [1.29, 1.82) is 0 Å². The fourth-order valence-corrected chi connectivity index (χ4v) is 1.37. The van der Waals surface area contributed by atoms with Gasteiger partial charge in [0.15, 0.2) is 0 Å². The van der Waals surface area contributed by atoms with Crippen molar-refractivity contribution in [2.24, 2.45) is 4.99 Å². The molecule has 0 aromatic carbocycles. The van der Waals surface area contributed by atoms with Gasteiger partial charge in [-0.25, -0.2) is 0 Å². The average molecular weight is 204 g/mol. The Bertz CT molecular complexity index is 275. The molecular formula is C7H12N2O3S. The molecule has 1 heterocycles. The minimum Gasteiger partial charge on any atom is -0.373 e. The van der Waals surface area contributed by atoms with E-state index in [0.717, 1.165) is 12.3 Å². The molecule has 0 spiro atoms. The Morgan fingerprint density at radius 3 is 3.08 bits per heavy atom. The van der Waals surface area contributed by atoms with Gasteiger partial charge < -0.3 is 4.90 Å². The van der Waals surface area contributed by atoms with Gasteiger partial charge in [-0.15, -0.1) is 0 Å². The van der Waals surface area contributed by atoms with Gasteiger partial charge >= 0.3 is 11.4 Å². The first kappa shape index (κ1) is 10.4. The van der Waals surface area contributed by atoms with Crippen LogP contribution in [0.2, 0.25) is 0 Å². The van der Waals surface area contributed by atoms with Gasteiger partial charge in [-0.1, -0.05) is 0 Å². The molecular weight excluding hydrogens is 192 g/mol. The van der Waals surface area contributed by atoms with Crippen molar-refractivity contribution in [2.75, 3.05) is 20.2 Å². The van der Waals surface area contributed by atoms with E-state index in [4.69, 9.17) is 4.55 Å². The molecule has 0 amide bonds. The standard InChI is InChI=1S/C7H12N2O3S/c1-6-3-9(2)4-7(8-6)5-12-13(10)11/h4H,3,5H2,1-2H3,(H,10,11). The summed E-state index contributed by atoms with van der Waals surface area (Å²) >= 11 is -2.22. The molecule has 0 bridgehead atoms. The van der Waals surface area contributed by atoms with Crippen LogP contribution in [0, 0.1) is 0 Å². The van der Waals surface area contributed by atoms with Crippen LogP contribution in [0.4, 0.5) is 0 Å². The molecule has 6 heteroatoms. The first-order valence-corrected chi connectivity index (χ1v) is 4.80. The first-order chi connectivity index (χ1) is 6.08. The van der Waals surface area contributed by atoms with Crippen molar-refractivity contribution in [1.82, 2.24) is 4.90 Å². The predicted molar refractivity (Wildman–Crippen MR) is 50.5 cm³/mol. The predicted octanol–water partition coefficient (Wildman–Crippen LogP) is 0.387. The molecule has 74 valence electrons. The van der Waals surface area contributed by atoms with Gasteiger partial charge in [0, 0.05) is 19.0 Å². The van der Waals surface area contributed by atoms with E-state index in [1.807, 2.05) is 18.9 Å². The van der Waals surface area contributed by atoms with Gasteiger partial charge in [0.1, 0.15) is 6.61 Å². The smallest absolute Gasteiger partial charge is 0.302 e. The van der Waals surface area contributed by atoms with E-state index in [-0.39, 0.29) is 6.61 Å². The van der Waals surface area contributed by atoms with Crippen LogP contribution in [0.15, 0.2) is 16.9 Å². The molecule has 5 nitrogen and oxygen atoms in total. The third kappa shape index (κ3) is 3.67. The Labute approximate surface area is 79.6 Å². The fraction of sp³-hybridized carbons (Fsp3) is 0.571. The average Bonchev–Trinajstić information content (AvgIpc) is 1.99. The maximum absolute atomic E-state index is 10.2. The summed E-state index contributed by atoms with van der Waals surface area (Å²) in [7, 11) is 1.91. The van der Waals surface area contributed by atoms with Crippen molar-refractivity contribution < 1.29 is 12.9 Å². The van der Waals surface area contributed by atoms with Crippen LogP contribution in [-0.4, -0.2) is 39.6 Å². The Balaban J connectivity index is 2.53. The van der Waals surface area contributed by atoms with Crippen LogP contribution >= 0.6 is 0 Å². The molecule has 0 saturated carbocycles. The summed E-state index contributed by atoms with van der Waals surface area (Å²) in [6.45, 7) is 2.75. The summed E-state index contributed by atoms with van der Waals surface area (Å²) < 4.78 is 23.1. The van der Waals surface area contributed by atoms with Crippen LogP contribution < -0.4 is 0 Å². The van der Waals surface area contributed by atoms with Gasteiger partial charge in [0.05, 0.1) is 12.2 Å². The van der Waals surface area contributed by atoms with Gasteiger partial charge in [-0.2, -0.15) is 4.21 Å². The SMILES string of the molecule is CC1=NC(COS(=O)O)=CN(C)C1. The first-order valence-electron chi connectivity index (χ1n) is 3.77. The van der Waals surface area contributed by atoms with E-state index < -0.39 is 11.4 Å². The number of nitrogens with zero attached hydrogens (tertiary/aromatic N) is 2. The van der Waals surface area contributed by atoms with Crippen molar-refractivity contribution in [3.05, 3.63) is 11.9 Å². The molecule has 1 aliphatic heterocycles. The van der Waals surface area contributed by atoms with Crippen LogP contribution in [0.3, 0.4) is 0 Å².